The Balaban J connectivity index is 1.66. The predicted octanol–water partition coefficient (Wildman–Crippen LogP) is 3.90. The van der Waals surface area contributed by atoms with E-state index in [1.807, 2.05) is 36.5 Å². The van der Waals surface area contributed by atoms with Gasteiger partial charge < -0.3 is 10.1 Å². The van der Waals surface area contributed by atoms with Crippen LogP contribution in [0.4, 0.5) is 5.82 Å². The molecule has 1 heterocycles. The SMILES string of the molecule is COc1ccc(CCNc2nccc3ccccc23)cc1. The zero-order valence-corrected chi connectivity index (χ0v) is 12.0. The highest BCUT2D eigenvalue weighted by molar-refractivity contribution is 5.91. The number of rotatable bonds is 5. The molecular formula is C18H18N2O. The van der Waals surface area contributed by atoms with Gasteiger partial charge in [-0.15, -0.1) is 0 Å². The number of hydrogen-bond donors (Lipinski definition) is 1. The summed E-state index contributed by atoms with van der Waals surface area (Å²) >= 11 is 0. The molecule has 3 rings (SSSR count). The van der Waals surface area contributed by atoms with Gasteiger partial charge in [0.2, 0.25) is 0 Å². The van der Waals surface area contributed by atoms with E-state index in [1.165, 1.54) is 10.9 Å². The third-order valence-electron chi connectivity index (χ3n) is 3.54. The van der Waals surface area contributed by atoms with Gasteiger partial charge in [-0.05, 0) is 35.6 Å². The Morgan fingerprint density at radius 3 is 2.62 bits per heavy atom. The van der Waals surface area contributed by atoms with Crippen LogP contribution in [0.5, 0.6) is 5.75 Å². The third-order valence-corrected chi connectivity index (χ3v) is 3.54. The Kier molecular flexibility index (Phi) is 4.01. The molecule has 1 N–H and O–H groups in total. The Morgan fingerprint density at radius 2 is 1.81 bits per heavy atom. The molecule has 3 heteroatoms. The second kappa shape index (κ2) is 6.27. The molecule has 0 aliphatic carbocycles. The van der Waals surface area contributed by atoms with E-state index >= 15 is 0 Å². The molecule has 21 heavy (non-hydrogen) atoms. The first kappa shape index (κ1) is 13.4. The fourth-order valence-electron chi connectivity index (χ4n) is 2.38. The third kappa shape index (κ3) is 3.14. The summed E-state index contributed by atoms with van der Waals surface area (Å²) in [5.74, 6) is 1.84. The first-order valence-electron chi connectivity index (χ1n) is 7.07. The van der Waals surface area contributed by atoms with Gasteiger partial charge in [-0.3, -0.25) is 0 Å². The Morgan fingerprint density at radius 1 is 1.00 bits per heavy atom. The van der Waals surface area contributed by atoms with Gasteiger partial charge >= 0.3 is 0 Å². The lowest BCUT2D eigenvalue weighted by atomic mass is 10.1. The molecule has 0 atom stereocenters. The highest BCUT2D eigenvalue weighted by Gasteiger charge is 2.01. The van der Waals surface area contributed by atoms with Crippen LogP contribution in [0, 0.1) is 0 Å². The number of nitrogens with zero attached hydrogens (tertiary/aromatic N) is 1. The molecule has 0 unspecified atom stereocenters. The summed E-state index contributed by atoms with van der Waals surface area (Å²) in [6.07, 6.45) is 2.80. The summed E-state index contributed by atoms with van der Waals surface area (Å²) in [5, 5.41) is 5.79. The molecule has 0 spiro atoms. The van der Waals surface area contributed by atoms with Crippen molar-refractivity contribution in [3.8, 4) is 5.75 Å². The van der Waals surface area contributed by atoms with Crippen LogP contribution in [0.2, 0.25) is 0 Å². The molecule has 3 nitrogen and oxygen atoms in total. The second-order valence-corrected chi connectivity index (χ2v) is 4.91. The monoisotopic (exact) mass is 278 g/mol. The average Bonchev–Trinajstić information content (AvgIpc) is 2.56. The van der Waals surface area contributed by atoms with Gasteiger partial charge in [0.25, 0.3) is 0 Å². The zero-order valence-electron chi connectivity index (χ0n) is 12.0. The van der Waals surface area contributed by atoms with Crippen LogP contribution in [0.3, 0.4) is 0 Å². The topological polar surface area (TPSA) is 34.1 Å². The van der Waals surface area contributed by atoms with Crippen LogP contribution in [0.25, 0.3) is 10.8 Å². The smallest absolute Gasteiger partial charge is 0.133 e. The number of ether oxygens (including phenoxy) is 1. The Bertz CT molecular complexity index is 717. The van der Waals surface area contributed by atoms with Crippen molar-refractivity contribution in [2.24, 2.45) is 0 Å². The minimum Gasteiger partial charge on any atom is -0.497 e. The van der Waals surface area contributed by atoms with Crippen LogP contribution in [0.1, 0.15) is 5.56 Å². The fraction of sp³-hybridized carbons (Fsp3) is 0.167. The summed E-state index contributed by atoms with van der Waals surface area (Å²) in [4.78, 5) is 4.43. The van der Waals surface area contributed by atoms with Gasteiger partial charge in [0.15, 0.2) is 0 Å². The molecule has 0 aliphatic rings. The van der Waals surface area contributed by atoms with Crippen LogP contribution < -0.4 is 10.1 Å². The van der Waals surface area contributed by atoms with E-state index < -0.39 is 0 Å². The predicted molar refractivity (Wildman–Crippen MR) is 86.9 cm³/mol. The highest BCUT2D eigenvalue weighted by atomic mass is 16.5. The molecule has 0 bridgehead atoms. The molecule has 1 aromatic heterocycles. The lowest BCUT2D eigenvalue weighted by Gasteiger charge is -2.09. The minimum absolute atomic E-state index is 0.855. The van der Waals surface area contributed by atoms with Crippen LogP contribution in [0.15, 0.2) is 60.8 Å². The van der Waals surface area contributed by atoms with Crippen molar-refractivity contribution in [3.63, 3.8) is 0 Å². The van der Waals surface area contributed by atoms with Crippen LogP contribution in [-0.4, -0.2) is 18.6 Å². The van der Waals surface area contributed by atoms with Gasteiger partial charge in [0.05, 0.1) is 7.11 Å². The van der Waals surface area contributed by atoms with E-state index in [2.05, 4.69) is 34.6 Å². The van der Waals surface area contributed by atoms with Gasteiger partial charge in [-0.2, -0.15) is 0 Å². The summed E-state index contributed by atoms with van der Waals surface area (Å²) in [5.41, 5.74) is 1.28. The standard InChI is InChI=1S/C18H18N2O/c1-21-16-8-6-14(7-9-16)10-12-19-18-17-5-3-2-4-15(17)11-13-20-18/h2-9,11,13H,10,12H2,1H3,(H,19,20). The van der Waals surface area contributed by atoms with E-state index in [-0.39, 0.29) is 0 Å². The van der Waals surface area contributed by atoms with Gasteiger partial charge in [-0.1, -0.05) is 36.4 Å². The second-order valence-electron chi connectivity index (χ2n) is 4.91. The van der Waals surface area contributed by atoms with E-state index in [9.17, 15) is 0 Å². The molecule has 0 fully saturated rings. The van der Waals surface area contributed by atoms with Gasteiger partial charge in [-0.25, -0.2) is 4.98 Å². The first-order valence-corrected chi connectivity index (χ1v) is 7.07. The number of fused-ring (bicyclic) bond motifs is 1. The number of benzene rings is 2. The van der Waals surface area contributed by atoms with E-state index in [0.29, 0.717) is 0 Å². The summed E-state index contributed by atoms with van der Waals surface area (Å²) < 4.78 is 5.17. The van der Waals surface area contributed by atoms with E-state index in [4.69, 9.17) is 4.74 Å². The van der Waals surface area contributed by atoms with E-state index in [0.717, 1.165) is 29.9 Å². The van der Waals surface area contributed by atoms with Crippen molar-refractivity contribution in [1.29, 1.82) is 0 Å². The average molecular weight is 278 g/mol. The summed E-state index contributed by atoms with van der Waals surface area (Å²) in [6.45, 7) is 0.855. The molecule has 0 aliphatic heterocycles. The Hall–Kier alpha value is -2.55. The molecule has 0 radical (unpaired) electrons. The molecule has 0 saturated heterocycles. The number of hydrogen-bond acceptors (Lipinski definition) is 3. The van der Waals surface area contributed by atoms with Crippen molar-refractivity contribution < 1.29 is 4.74 Å². The number of methoxy groups -OCH3 is 1. The maximum absolute atomic E-state index is 5.17. The van der Waals surface area contributed by atoms with Crippen molar-refractivity contribution in [3.05, 3.63) is 66.4 Å². The molecule has 0 saturated carbocycles. The molecular weight excluding hydrogens is 260 g/mol. The van der Waals surface area contributed by atoms with E-state index in [1.54, 1.807) is 7.11 Å². The molecule has 3 aromatic rings. The number of nitrogens with one attached hydrogen (secondary N) is 1. The highest BCUT2D eigenvalue weighted by Crippen LogP contribution is 2.20. The normalized spacial score (nSPS) is 10.5. The minimum atomic E-state index is 0.855. The van der Waals surface area contributed by atoms with Crippen molar-refractivity contribution in [2.75, 3.05) is 19.0 Å². The first-order chi connectivity index (χ1) is 10.4. The number of aromatic nitrogens is 1. The van der Waals surface area contributed by atoms with Crippen LogP contribution in [-0.2, 0) is 6.42 Å². The summed E-state index contributed by atoms with van der Waals surface area (Å²) in [6, 6.07) is 18.5. The van der Waals surface area contributed by atoms with Crippen LogP contribution >= 0.6 is 0 Å². The maximum atomic E-state index is 5.17. The molecule has 2 aromatic carbocycles. The summed E-state index contributed by atoms with van der Waals surface area (Å²) in [7, 11) is 1.68. The fourth-order valence-corrected chi connectivity index (χ4v) is 2.38. The van der Waals surface area contributed by atoms with Crippen molar-refractivity contribution in [2.45, 2.75) is 6.42 Å². The maximum Gasteiger partial charge on any atom is 0.133 e. The quantitative estimate of drug-likeness (QED) is 0.768. The Labute approximate surface area is 124 Å². The zero-order chi connectivity index (χ0) is 14.5. The van der Waals surface area contributed by atoms with Crippen molar-refractivity contribution >= 4 is 16.6 Å². The number of pyridine rings is 1. The van der Waals surface area contributed by atoms with Gasteiger partial charge in [0.1, 0.15) is 11.6 Å². The largest absolute Gasteiger partial charge is 0.497 e. The lowest BCUT2D eigenvalue weighted by molar-refractivity contribution is 0.414. The number of anilines is 1. The molecule has 0 amide bonds. The van der Waals surface area contributed by atoms with Gasteiger partial charge in [0, 0.05) is 18.1 Å². The lowest BCUT2D eigenvalue weighted by Crippen LogP contribution is -2.06. The molecule has 106 valence electrons. The van der Waals surface area contributed by atoms with Crippen molar-refractivity contribution in [1.82, 2.24) is 4.98 Å².